The van der Waals surface area contributed by atoms with Gasteiger partial charge in [-0.3, -0.25) is 0 Å². The molecule has 0 bridgehead atoms. The molecule has 0 fully saturated rings. The number of allylic oxidation sites excluding steroid dienone is 1. The van der Waals surface area contributed by atoms with Crippen LogP contribution in [0, 0.1) is 13.8 Å². The van der Waals surface area contributed by atoms with E-state index in [1.54, 1.807) is 0 Å². The van der Waals surface area contributed by atoms with E-state index < -0.39 is 0 Å². The Morgan fingerprint density at radius 1 is 0.912 bits per heavy atom. The van der Waals surface area contributed by atoms with Crippen molar-refractivity contribution in [3.63, 3.8) is 0 Å². The van der Waals surface area contributed by atoms with Crippen molar-refractivity contribution in [3.8, 4) is 11.4 Å². The van der Waals surface area contributed by atoms with Crippen LogP contribution in [-0.2, 0) is 6.54 Å². The van der Waals surface area contributed by atoms with E-state index in [2.05, 4.69) is 84.7 Å². The molecule has 1 atom stereocenters. The summed E-state index contributed by atoms with van der Waals surface area (Å²) in [5.74, 6) is 1.06. The Bertz CT molecular complexity index is 1360. The number of hydrogen-bond donors (Lipinski definition) is 1. The third kappa shape index (κ3) is 4.37. The minimum Gasteiger partial charge on any atom is -0.351 e. The average Bonchev–Trinajstić information content (AvgIpc) is 3.32. The van der Waals surface area contributed by atoms with Crippen LogP contribution in [0.5, 0.6) is 0 Å². The predicted octanol–water partition coefficient (Wildman–Crippen LogP) is 6.22. The lowest BCUT2D eigenvalue weighted by atomic mass is 9.94. The molecule has 3 aromatic carbocycles. The highest BCUT2D eigenvalue weighted by molar-refractivity contribution is 7.80. The third-order valence-electron chi connectivity index (χ3n) is 6.12. The van der Waals surface area contributed by atoms with Crippen LogP contribution in [0.3, 0.4) is 0 Å². The Morgan fingerprint density at radius 2 is 1.68 bits per heavy atom. The van der Waals surface area contributed by atoms with Crippen molar-refractivity contribution < 1.29 is 4.52 Å². The van der Waals surface area contributed by atoms with Crippen molar-refractivity contribution in [2.45, 2.75) is 33.4 Å². The highest BCUT2D eigenvalue weighted by atomic mass is 32.1. The summed E-state index contributed by atoms with van der Waals surface area (Å²) in [7, 11) is 0. The van der Waals surface area contributed by atoms with E-state index in [9.17, 15) is 0 Å². The molecule has 0 spiro atoms. The summed E-state index contributed by atoms with van der Waals surface area (Å²) in [5.41, 5.74) is 7.55. The normalized spacial score (nSPS) is 16.0. The van der Waals surface area contributed by atoms with E-state index in [0.717, 1.165) is 22.4 Å². The number of aryl methyl sites for hydroxylation is 2. The predicted molar refractivity (Wildman–Crippen MR) is 139 cm³/mol. The summed E-state index contributed by atoms with van der Waals surface area (Å²) in [6.45, 7) is 6.91. The maximum Gasteiger partial charge on any atom is 0.258 e. The lowest BCUT2D eigenvalue weighted by molar-refractivity contribution is 0.396. The summed E-state index contributed by atoms with van der Waals surface area (Å²) in [5, 5.41) is 8.49. The standard InChI is InChI=1S/C28H26N4OS/c1-18-12-14-22(15-13-18)25-24(27-30-26(31-33-27)23-10-5-4-6-11-23)20(3)32(28(34)29-25)17-21-9-7-8-19(2)16-21/h4-16,25H,17H2,1-3H3,(H,29,34). The molecule has 1 N–H and O–H groups in total. The fourth-order valence-corrected chi connectivity index (χ4v) is 4.61. The van der Waals surface area contributed by atoms with Gasteiger partial charge in [-0.15, -0.1) is 0 Å². The minimum absolute atomic E-state index is 0.189. The zero-order valence-corrected chi connectivity index (χ0v) is 20.3. The van der Waals surface area contributed by atoms with Crippen LogP contribution in [-0.4, -0.2) is 20.2 Å². The topological polar surface area (TPSA) is 54.2 Å². The molecule has 4 aromatic rings. The lowest BCUT2D eigenvalue weighted by Crippen LogP contribution is -2.45. The Hall–Kier alpha value is -3.77. The molecule has 0 saturated heterocycles. The first kappa shape index (κ1) is 22.0. The molecule has 170 valence electrons. The Labute approximate surface area is 205 Å². The first-order chi connectivity index (χ1) is 16.5. The van der Waals surface area contributed by atoms with E-state index >= 15 is 0 Å². The van der Waals surface area contributed by atoms with Gasteiger partial charge in [0.2, 0.25) is 5.82 Å². The summed E-state index contributed by atoms with van der Waals surface area (Å²) in [4.78, 5) is 6.89. The van der Waals surface area contributed by atoms with E-state index in [4.69, 9.17) is 21.7 Å². The van der Waals surface area contributed by atoms with Crippen LogP contribution in [0.4, 0.5) is 0 Å². The Kier molecular flexibility index (Phi) is 5.99. The van der Waals surface area contributed by atoms with Gasteiger partial charge in [-0.2, -0.15) is 4.98 Å². The highest BCUT2D eigenvalue weighted by Crippen LogP contribution is 2.38. The van der Waals surface area contributed by atoms with Gasteiger partial charge in [0.1, 0.15) is 0 Å². The lowest BCUT2D eigenvalue weighted by Gasteiger charge is -2.37. The van der Waals surface area contributed by atoms with Gasteiger partial charge in [0.05, 0.1) is 11.6 Å². The van der Waals surface area contributed by atoms with Gasteiger partial charge in [-0.05, 0) is 44.1 Å². The number of benzene rings is 3. The van der Waals surface area contributed by atoms with Crippen LogP contribution < -0.4 is 5.32 Å². The zero-order chi connectivity index (χ0) is 23.7. The van der Waals surface area contributed by atoms with Crippen LogP contribution in [0.15, 0.2) is 89.1 Å². The summed E-state index contributed by atoms with van der Waals surface area (Å²) < 4.78 is 5.83. The number of nitrogens with one attached hydrogen (secondary N) is 1. The van der Waals surface area contributed by atoms with Crippen LogP contribution >= 0.6 is 12.2 Å². The fraction of sp³-hybridized carbons (Fsp3) is 0.179. The van der Waals surface area contributed by atoms with Crippen molar-refractivity contribution >= 4 is 22.9 Å². The quantitative estimate of drug-likeness (QED) is 0.353. The van der Waals surface area contributed by atoms with Crippen LogP contribution in [0.25, 0.3) is 17.0 Å². The first-order valence-corrected chi connectivity index (χ1v) is 11.7. The molecular formula is C28H26N4OS. The highest BCUT2D eigenvalue weighted by Gasteiger charge is 2.34. The maximum atomic E-state index is 5.84. The van der Waals surface area contributed by atoms with Crippen LogP contribution in [0.1, 0.15) is 41.1 Å². The van der Waals surface area contributed by atoms with Gasteiger partial charge in [0, 0.05) is 17.8 Å². The van der Waals surface area contributed by atoms with E-state index in [-0.39, 0.29) is 6.04 Å². The molecule has 1 aliphatic rings. The minimum atomic E-state index is -0.189. The summed E-state index contributed by atoms with van der Waals surface area (Å²) in [6, 6.07) is 26.6. The smallest absolute Gasteiger partial charge is 0.258 e. The molecule has 1 unspecified atom stereocenters. The molecule has 0 saturated carbocycles. The molecule has 5 nitrogen and oxygen atoms in total. The van der Waals surface area contributed by atoms with Gasteiger partial charge in [0.15, 0.2) is 5.11 Å². The molecule has 2 heterocycles. The van der Waals surface area contributed by atoms with E-state index in [0.29, 0.717) is 23.4 Å². The number of rotatable bonds is 5. The van der Waals surface area contributed by atoms with Crippen molar-refractivity contribution in [1.82, 2.24) is 20.4 Å². The molecule has 5 rings (SSSR count). The Morgan fingerprint density at radius 3 is 2.41 bits per heavy atom. The van der Waals surface area contributed by atoms with Crippen molar-refractivity contribution in [2.75, 3.05) is 0 Å². The largest absolute Gasteiger partial charge is 0.351 e. The van der Waals surface area contributed by atoms with Crippen molar-refractivity contribution in [1.29, 1.82) is 0 Å². The van der Waals surface area contributed by atoms with Crippen LogP contribution in [0.2, 0.25) is 0 Å². The monoisotopic (exact) mass is 466 g/mol. The first-order valence-electron chi connectivity index (χ1n) is 11.3. The van der Waals surface area contributed by atoms with Crippen molar-refractivity contribution in [3.05, 3.63) is 113 Å². The summed E-state index contributed by atoms with van der Waals surface area (Å²) >= 11 is 5.84. The van der Waals surface area contributed by atoms with Gasteiger partial charge in [0.25, 0.3) is 5.89 Å². The SMILES string of the molecule is CC1=C(c2nc(-c3ccccc3)no2)C(c2ccc(C)cc2)NC(=S)N1Cc1cccc(C)c1. The van der Waals surface area contributed by atoms with Gasteiger partial charge < -0.3 is 14.7 Å². The molecular weight excluding hydrogens is 440 g/mol. The average molecular weight is 467 g/mol. The van der Waals surface area contributed by atoms with Gasteiger partial charge >= 0.3 is 0 Å². The van der Waals surface area contributed by atoms with E-state index in [1.165, 1.54) is 16.7 Å². The third-order valence-corrected chi connectivity index (χ3v) is 6.46. The molecule has 1 aliphatic heterocycles. The van der Waals surface area contributed by atoms with Gasteiger partial charge in [-0.25, -0.2) is 0 Å². The zero-order valence-electron chi connectivity index (χ0n) is 19.4. The fourth-order valence-electron chi connectivity index (χ4n) is 4.29. The molecule has 0 radical (unpaired) electrons. The molecule has 1 aromatic heterocycles. The second kappa shape index (κ2) is 9.23. The molecule has 6 heteroatoms. The molecule has 0 aliphatic carbocycles. The maximum absolute atomic E-state index is 5.84. The second-order valence-electron chi connectivity index (χ2n) is 8.66. The van der Waals surface area contributed by atoms with E-state index in [1.807, 2.05) is 30.3 Å². The number of aromatic nitrogens is 2. The van der Waals surface area contributed by atoms with Gasteiger partial charge in [-0.1, -0.05) is 95.1 Å². The van der Waals surface area contributed by atoms with Crippen molar-refractivity contribution in [2.24, 2.45) is 0 Å². The summed E-state index contributed by atoms with van der Waals surface area (Å²) in [6.07, 6.45) is 0. The Balaban J connectivity index is 1.60. The number of nitrogens with zero attached hydrogens (tertiary/aromatic N) is 3. The number of hydrogen-bond acceptors (Lipinski definition) is 4. The second-order valence-corrected chi connectivity index (χ2v) is 9.04. The molecule has 0 amide bonds. The number of thiocarbonyl (C=S) groups is 1. The molecule has 34 heavy (non-hydrogen) atoms.